The molecule has 39 heavy (non-hydrogen) atoms. The number of carbonyl (C=O) groups excluding carboxylic acids is 2. The molecular formula is C28H28N6O3S2. The summed E-state index contributed by atoms with van der Waals surface area (Å²) < 4.78 is 7.07. The van der Waals surface area contributed by atoms with Crippen LogP contribution in [0.4, 0.5) is 0 Å². The van der Waals surface area contributed by atoms with Gasteiger partial charge in [-0.15, -0.1) is 21.5 Å². The van der Waals surface area contributed by atoms with Gasteiger partial charge in [0.2, 0.25) is 0 Å². The van der Waals surface area contributed by atoms with Crippen LogP contribution in [0.5, 0.6) is 5.75 Å². The molecule has 0 fully saturated rings. The Morgan fingerprint density at radius 2 is 1.87 bits per heavy atom. The largest absolute Gasteiger partial charge is 0.497 e. The second kappa shape index (κ2) is 11.8. The Kier molecular flexibility index (Phi) is 8.08. The fourth-order valence-electron chi connectivity index (χ4n) is 4.22. The van der Waals surface area contributed by atoms with E-state index in [1.54, 1.807) is 22.8 Å². The number of hydrogen-bond donors (Lipinski definition) is 1. The fourth-order valence-corrected chi connectivity index (χ4v) is 5.64. The normalized spacial score (nSPS) is 14.8. The average molecular weight is 561 g/mol. The molecule has 0 saturated heterocycles. The van der Waals surface area contributed by atoms with Gasteiger partial charge in [-0.25, -0.2) is 5.01 Å². The lowest BCUT2D eigenvalue weighted by Gasteiger charge is -2.22. The summed E-state index contributed by atoms with van der Waals surface area (Å²) in [6, 6.07) is 19.3. The van der Waals surface area contributed by atoms with Crippen LogP contribution in [-0.4, -0.2) is 50.2 Å². The molecular weight excluding hydrogens is 532 g/mol. The van der Waals surface area contributed by atoms with Crippen molar-refractivity contribution in [2.75, 3.05) is 12.9 Å². The van der Waals surface area contributed by atoms with Crippen LogP contribution in [-0.2, 0) is 18.4 Å². The average Bonchev–Trinajstić information content (AvgIpc) is 3.72. The van der Waals surface area contributed by atoms with Gasteiger partial charge in [0.15, 0.2) is 11.0 Å². The molecule has 1 aliphatic heterocycles. The Hall–Kier alpha value is -3.96. The van der Waals surface area contributed by atoms with E-state index in [1.165, 1.54) is 23.1 Å². The Bertz CT molecular complexity index is 1480. The quantitative estimate of drug-likeness (QED) is 0.301. The van der Waals surface area contributed by atoms with E-state index in [1.807, 2.05) is 49.7 Å². The number of aryl methyl sites for hydroxylation is 1. The number of ether oxygens (including phenoxy) is 1. The minimum atomic E-state index is -0.196. The van der Waals surface area contributed by atoms with Crippen LogP contribution in [0.3, 0.4) is 0 Å². The number of thioether (sulfide) groups is 1. The molecule has 0 saturated carbocycles. The van der Waals surface area contributed by atoms with Gasteiger partial charge in [-0.2, -0.15) is 5.10 Å². The van der Waals surface area contributed by atoms with Crippen LogP contribution in [0, 0.1) is 6.92 Å². The van der Waals surface area contributed by atoms with Crippen molar-refractivity contribution in [3.8, 4) is 5.75 Å². The Labute approximate surface area is 234 Å². The number of hydrogen-bond acceptors (Lipinski definition) is 8. The summed E-state index contributed by atoms with van der Waals surface area (Å²) in [5.74, 6) is 1.25. The number of benzene rings is 2. The number of carbonyl (C=O) groups is 2. The summed E-state index contributed by atoms with van der Waals surface area (Å²) in [5.41, 5.74) is 4.00. The second-order valence-corrected chi connectivity index (χ2v) is 10.9. The number of thiophene rings is 1. The van der Waals surface area contributed by atoms with Gasteiger partial charge in [0.25, 0.3) is 11.8 Å². The molecule has 0 unspecified atom stereocenters. The molecule has 1 aliphatic rings. The summed E-state index contributed by atoms with van der Waals surface area (Å²) in [6.07, 6.45) is 0.615. The lowest BCUT2D eigenvalue weighted by Crippen LogP contribution is -2.28. The third-order valence-corrected chi connectivity index (χ3v) is 8.33. The molecule has 0 bridgehead atoms. The van der Waals surface area contributed by atoms with Gasteiger partial charge >= 0.3 is 0 Å². The zero-order valence-electron chi connectivity index (χ0n) is 21.8. The molecule has 200 valence electrons. The fraction of sp³-hybridized carbons (Fsp3) is 0.250. The van der Waals surface area contributed by atoms with Crippen molar-refractivity contribution in [3.05, 3.63) is 93.4 Å². The summed E-state index contributed by atoms with van der Waals surface area (Å²) in [4.78, 5) is 26.4. The monoisotopic (exact) mass is 560 g/mol. The molecule has 5 rings (SSSR count). The first-order chi connectivity index (χ1) is 18.9. The van der Waals surface area contributed by atoms with Crippen LogP contribution in [0.15, 0.2) is 76.3 Å². The topological polar surface area (TPSA) is 102 Å². The highest BCUT2D eigenvalue weighted by molar-refractivity contribution is 7.99. The number of amides is 2. The lowest BCUT2D eigenvalue weighted by atomic mass is 9.97. The Balaban J connectivity index is 1.28. The van der Waals surface area contributed by atoms with E-state index in [2.05, 4.69) is 39.8 Å². The number of nitrogens with zero attached hydrogens (tertiary/aromatic N) is 5. The molecule has 2 amide bonds. The predicted molar refractivity (Wildman–Crippen MR) is 152 cm³/mol. The highest BCUT2D eigenvalue weighted by Gasteiger charge is 2.33. The van der Waals surface area contributed by atoms with E-state index < -0.39 is 0 Å². The third kappa shape index (κ3) is 6.04. The number of hydrazone groups is 1. The van der Waals surface area contributed by atoms with Crippen LogP contribution in [0.25, 0.3) is 0 Å². The van der Waals surface area contributed by atoms with E-state index in [9.17, 15) is 9.59 Å². The highest BCUT2D eigenvalue weighted by atomic mass is 32.2. The van der Waals surface area contributed by atoms with Crippen molar-refractivity contribution in [2.24, 2.45) is 12.1 Å². The third-order valence-electron chi connectivity index (χ3n) is 6.45. The van der Waals surface area contributed by atoms with Crippen molar-refractivity contribution >= 4 is 40.6 Å². The first-order valence-electron chi connectivity index (χ1n) is 12.4. The molecule has 3 heterocycles. The minimum absolute atomic E-state index is 0.121. The number of methoxy groups -OCH3 is 1. The maximum absolute atomic E-state index is 13.5. The summed E-state index contributed by atoms with van der Waals surface area (Å²) in [6.45, 7) is 2.28. The van der Waals surface area contributed by atoms with Gasteiger partial charge in [0, 0.05) is 13.5 Å². The molecule has 0 spiro atoms. The molecule has 2 aromatic carbocycles. The zero-order chi connectivity index (χ0) is 27.4. The van der Waals surface area contributed by atoms with Crippen molar-refractivity contribution < 1.29 is 14.3 Å². The number of nitrogens with one attached hydrogen (secondary N) is 1. The first-order valence-corrected chi connectivity index (χ1v) is 14.2. The van der Waals surface area contributed by atoms with Crippen LogP contribution >= 0.6 is 23.1 Å². The van der Waals surface area contributed by atoms with Crippen LogP contribution in [0.1, 0.15) is 44.6 Å². The summed E-state index contributed by atoms with van der Waals surface area (Å²) >= 11 is 2.68. The van der Waals surface area contributed by atoms with Crippen molar-refractivity contribution in [1.29, 1.82) is 0 Å². The zero-order valence-corrected chi connectivity index (χ0v) is 23.5. The van der Waals surface area contributed by atoms with E-state index in [0.717, 1.165) is 28.2 Å². The summed E-state index contributed by atoms with van der Waals surface area (Å²) in [7, 11) is 3.46. The van der Waals surface area contributed by atoms with Gasteiger partial charge in [-0.3, -0.25) is 9.59 Å². The maximum Gasteiger partial charge on any atom is 0.261 e. The molecule has 9 nitrogen and oxygen atoms in total. The van der Waals surface area contributed by atoms with Crippen LogP contribution in [0.2, 0.25) is 0 Å². The van der Waals surface area contributed by atoms with E-state index in [-0.39, 0.29) is 30.2 Å². The van der Waals surface area contributed by atoms with Crippen LogP contribution < -0.4 is 10.1 Å². The molecule has 0 aliphatic carbocycles. The molecule has 1 atom stereocenters. The highest BCUT2D eigenvalue weighted by Crippen LogP contribution is 2.34. The summed E-state index contributed by atoms with van der Waals surface area (Å²) in [5, 5.41) is 20.1. The van der Waals surface area contributed by atoms with Gasteiger partial charge in [-0.05, 0) is 53.8 Å². The Morgan fingerprint density at radius 1 is 1.10 bits per heavy atom. The van der Waals surface area contributed by atoms with Gasteiger partial charge < -0.3 is 14.6 Å². The number of rotatable bonds is 9. The van der Waals surface area contributed by atoms with Crippen molar-refractivity contribution in [2.45, 2.75) is 31.1 Å². The molecule has 2 aromatic heterocycles. The second-order valence-electron chi connectivity index (χ2n) is 9.05. The lowest BCUT2D eigenvalue weighted by molar-refractivity contribution is -0.130. The maximum atomic E-state index is 13.5. The molecule has 0 radical (unpaired) electrons. The smallest absolute Gasteiger partial charge is 0.261 e. The first kappa shape index (κ1) is 26.6. The van der Waals surface area contributed by atoms with Crippen molar-refractivity contribution in [1.82, 2.24) is 25.1 Å². The van der Waals surface area contributed by atoms with E-state index in [0.29, 0.717) is 22.3 Å². The molecule has 4 aromatic rings. The number of aromatic nitrogens is 3. The van der Waals surface area contributed by atoms with Gasteiger partial charge in [0.1, 0.15) is 5.75 Å². The SMILES string of the molecule is COc1ccc(C2=NN(C(=O)CSc3nnc(CNC(=O)c4cccs4)n3C)[C@@H](c3ccc(C)cc3)C2)cc1. The van der Waals surface area contributed by atoms with Gasteiger partial charge in [0.05, 0.1) is 36.0 Å². The molecule has 11 heteroatoms. The van der Waals surface area contributed by atoms with E-state index >= 15 is 0 Å². The van der Waals surface area contributed by atoms with E-state index in [4.69, 9.17) is 9.84 Å². The standard InChI is InChI=1S/C28H28N6O3S2/c1-18-6-8-20(9-7-18)23-15-22(19-10-12-21(37-3)13-11-19)32-34(23)26(35)17-39-28-31-30-25(33(28)2)16-29-27(36)24-5-4-14-38-24/h4-14,23H,15-17H2,1-3H3,(H,29,36)/t23-/m1/s1. The molecule has 1 N–H and O–H groups in total. The minimum Gasteiger partial charge on any atom is -0.497 e. The Morgan fingerprint density at radius 3 is 2.56 bits per heavy atom. The predicted octanol–water partition coefficient (Wildman–Crippen LogP) is 4.59. The van der Waals surface area contributed by atoms with Gasteiger partial charge in [-0.1, -0.05) is 47.7 Å². The van der Waals surface area contributed by atoms with Crippen molar-refractivity contribution in [3.63, 3.8) is 0 Å².